The second-order valence-electron chi connectivity index (χ2n) is 13.3. The second kappa shape index (κ2) is 13.1. The molecule has 0 aliphatic heterocycles. The summed E-state index contributed by atoms with van der Waals surface area (Å²) in [5.41, 5.74) is 8.46. The molecule has 5 nitrogen and oxygen atoms in total. The molecule has 7 rings (SSSR count). The fourth-order valence-electron chi connectivity index (χ4n) is 6.88. The van der Waals surface area contributed by atoms with Gasteiger partial charge in [0.25, 0.3) is 0 Å². The number of nitrogens with zero attached hydrogens (tertiary/aromatic N) is 4. The molecule has 0 saturated carbocycles. The number of aryl methyl sites for hydroxylation is 1. The quantitative estimate of drug-likeness (QED) is 0.150. The van der Waals surface area contributed by atoms with Crippen LogP contribution in [0.5, 0.6) is 11.5 Å². The fourth-order valence-corrected chi connectivity index (χ4v) is 6.88. The lowest BCUT2D eigenvalue weighted by molar-refractivity contribution is 0.482. The molecule has 0 spiro atoms. The molecule has 3 aromatic heterocycles. The van der Waals surface area contributed by atoms with E-state index in [0.717, 1.165) is 56.4 Å². The summed E-state index contributed by atoms with van der Waals surface area (Å²) >= 11 is 0. The molecule has 0 bridgehead atoms. The highest BCUT2D eigenvalue weighted by atomic mass is 19.1. The van der Waals surface area contributed by atoms with Crippen LogP contribution in [0.2, 0.25) is 0 Å². The van der Waals surface area contributed by atoms with Crippen LogP contribution in [0, 0.1) is 25.6 Å². The van der Waals surface area contributed by atoms with E-state index < -0.39 is 0 Å². The molecular formula is C42H41FN4O. The predicted octanol–water partition coefficient (Wildman–Crippen LogP) is 11.5. The molecule has 0 radical (unpaired) electrons. The number of halogens is 1. The fraction of sp³-hybridized carbons (Fsp3) is 0.238. The summed E-state index contributed by atoms with van der Waals surface area (Å²) in [7, 11) is 0. The van der Waals surface area contributed by atoms with Gasteiger partial charge in [-0.2, -0.15) is 5.10 Å². The van der Waals surface area contributed by atoms with Crippen molar-refractivity contribution in [2.24, 2.45) is 5.92 Å². The number of benzene rings is 4. The van der Waals surface area contributed by atoms with E-state index in [9.17, 15) is 4.39 Å². The van der Waals surface area contributed by atoms with Gasteiger partial charge in [0.05, 0.1) is 22.4 Å². The molecule has 3 heterocycles. The van der Waals surface area contributed by atoms with Crippen molar-refractivity contribution < 1.29 is 9.13 Å². The minimum absolute atomic E-state index is 0.325. The third kappa shape index (κ3) is 6.11. The average molecular weight is 637 g/mol. The highest BCUT2D eigenvalue weighted by Crippen LogP contribution is 2.38. The lowest BCUT2D eigenvalue weighted by atomic mass is 9.92. The highest BCUT2D eigenvalue weighted by Gasteiger charge is 2.18. The molecule has 0 aliphatic rings. The summed E-state index contributed by atoms with van der Waals surface area (Å²) in [5, 5.41) is 7.08. The van der Waals surface area contributed by atoms with E-state index in [1.54, 1.807) is 0 Å². The number of ether oxygens (including phenoxy) is 1. The summed E-state index contributed by atoms with van der Waals surface area (Å²) < 4.78 is 25.0. The summed E-state index contributed by atoms with van der Waals surface area (Å²) in [6.45, 7) is 11.0. The highest BCUT2D eigenvalue weighted by molar-refractivity contribution is 6.09. The molecule has 1 unspecified atom stereocenters. The Hall–Kier alpha value is -5.23. The van der Waals surface area contributed by atoms with Crippen LogP contribution in [0.3, 0.4) is 0 Å². The number of pyridine rings is 1. The van der Waals surface area contributed by atoms with Crippen molar-refractivity contribution in [1.82, 2.24) is 19.3 Å². The van der Waals surface area contributed by atoms with Crippen molar-refractivity contribution in [3.8, 4) is 34.1 Å². The first-order valence-corrected chi connectivity index (χ1v) is 16.9. The molecule has 7 aromatic rings. The Morgan fingerprint density at radius 3 is 2.35 bits per heavy atom. The van der Waals surface area contributed by atoms with Gasteiger partial charge in [-0.25, -0.2) is 14.1 Å². The molecule has 1 atom stereocenters. The summed E-state index contributed by atoms with van der Waals surface area (Å²) in [6, 6.07) is 34.0. The normalized spacial score (nSPS) is 12.3. The first-order valence-electron chi connectivity index (χ1n) is 16.9. The molecule has 0 saturated heterocycles. The number of aromatic nitrogens is 4. The van der Waals surface area contributed by atoms with Gasteiger partial charge in [-0.1, -0.05) is 76.1 Å². The van der Waals surface area contributed by atoms with Crippen molar-refractivity contribution in [3.63, 3.8) is 0 Å². The van der Waals surface area contributed by atoms with Crippen molar-refractivity contribution in [2.75, 3.05) is 0 Å². The molecule has 0 amide bonds. The van der Waals surface area contributed by atoms with Crippen molar-refractivity contribution in [3.05, 3.63) is 132 Å². The second-order valence-corrected chi connectivity index (χ2v) is 13.3. The Kier molecular flexibility index (Phi) is 8.57. The Morgan fingerprint density at radius 1 is 0.750 bits per heavy atom. The molecule has 0 N–H and O–H groups in total. The maximum absolute atomic E-state index is 14.5. The van der Waals surface area contributed by atoms with Crippen LogP contribution in [-0.4, -0.2) is 19.3 Å². The van der Waals surface area contributed by atoms with E-state index in [0.29, 0.717) is 29.2 Å². The van der Waals surface area contributed by atoms with Crippen molar-refractivity contribution in [2.45, 2.75) is 59.8 Å². The topological polar surface area (TPSA) is 44.9 Å². The van der Waals surface area contributed by atoms with Gasteiger partial charge in [0, 0.05) is 46.4 Å². The third-order valence-electron chi connectivity index (χ3n) is 9.34. The zero-order chi connectivity index (χ0) is 33.4. The van der Waals surface area contributed by atoms with E-state index in [4.69, 9.17) is 9.84 Å². The molecule has 0 aliphatic carbocycles. The molecule has 242 valence electrons. The molecule has 0 fully saturated rings. The summed E-state index contributed by atoms with van der Waals surface area (Å²) in [5.74, 6) is 2.74. The number of hydrogen-bond acceptors (Lipinski definition) is 3. The standard InChI is InChI=1S/C42H41FN4O/c1-27(2)11-9-12-28(3)32-17-20-39-38(23-32)37-19-18-36(26-40(37)46(39)41-24-33(43)21-22-44-41)48-35-16-10-15-34(25-35)47-30(5)42(29(4)45-47)31-13-7-6-8-14-31/h6-8,10,13-28H,9,11-12H2,1-5H3. The zero-order valence-corrected chi connectivity index (χ0v) is 28.2. The number of rotatable bonds is 10. The Balaban J connectivity index is 1.26. The molecular weight excluding hydrogens is 595 g/mol. The summed E-state index contributed by atoms with van der Waals surface area (Å²) in [6.07, 6.45) is 5.11. The van der Waals surface area contributed by atoms with Gasteiger partial charge in [0.2, 0.25) is 0 Å². The van der Waals surface area contributed by atoms with Gasteiger partial charge in [0.1, 0.15) is 23.1 Å². The van der Waals surface area contributed by atoms with Crippen LogP contribution < -0.4 is 4.74 Å². The van der Waals surface area contributed by atoms with Gasteiger partial charge >= 0.3 is 0 Å². The average Bonchev–Trinajstić information content (AvgIpc) is 3.57. The van der Waals surface area contributed by atoms with Gasteiger partial charge < -0.3 is 4.74 Å². The van der Waals surface area contributed by atoms with Gasteiger partial charge in [-0.05, 0) is 85.7 Å². The summed E-state index contributed by atoms with van der Waals surface area (Å²) in [4.78, 5) is 4.57. The maximum Gasteiger partial charge on any atom is 0.140 e. The van der Waals surface area contributed by atoms with Crippen molar-refractivity contribution in [1.29, 1.82) is 0 Å². The van der Waals surface area contributed by atoms with Gasteiger partial charge in [-0.3, -0.25) is 4.57 Å². The zero-order valence-electron chi connectivity index (χ0n) is 28.2. The van der Waals surface area contributed by atoms with Gasteiger partial charge in [-0.15, -0.1) is 0 Å². The minimum Gasteiger partial charge on any atom is -0.457 e. The maximum atomic E-state index is 14.5. The first kappa shape index (κ1) is 31.4. The molecule has 6 heteroatoms. The Bertz CT molecular complexity index is 2230. The Morgan fingerprint density at radius 2 is 1.56 bits per heavy atom. The monoisotopic (exact) mass is 636 g/mol. The SMILES string of the molecule is Cc1nn(-c2cccc(Oc3ccc4c5cc(C(C)CCCC(C)C)ccc5n(-c5cc(F)ccn5)c4c3)c2)c(C)c1-c1ccccc1. The van der Waals surface area contributed by atoms with Crippen LogP contribution in [0.25, 0.3) is 44.4 Å². The van der Waals surface area contributed by atoms with E-state index in [-0.39, 0.29) is 5.82 Å². The lowest BCUT2D eigenvalue weighted by Crippen LogP contribution is -2.00. The smallest absolute Gasteiger partial charge is 0.140 e. The molecule has 4 aromatic carbocycles. The number of hydrogen-bond donors (Lipinski definition) is 0. The van der Waals surface area contributed by atoms with Gasteiger partial charge in [0.15, 0.2) is 0 Å². The molecule has 48 heavy (non-hydrogen) atoms. The number of fused-ring (bicyclic) bond motifs is 3. The Labute approximate surface area is 281 Å². The van der Waals surface area contributed by atoms with Crippen LogP contribution in [0.1, 0.15) is 62.9 Å². The lowest BCUT2D eigenvalue weighted by Gasteiger charge is -2.13. The van der Waals surface area contributed by atoms with E-state index in [2.05, 4.69) is 81.2 Å². The van der Waals surface area contributed by atoms with E-state index >= 15 is 0 Å². The van der Waals surface area contributed by atoms with Crippen LogP contribution in [0.15, 0.2) is 109 Å². The predicted molar refractivity (Wildman–Crippen MR) is 194 cm³/mol. The van der Waals surface area contributed by atoms with Crippen molar-refractivity contribution >= 4 is 21.8 Å². The van der Waals surface area contributed by atoms with Crippen LogP contribution in [-0.2, 0) is 0 Å². The minimum atomic E-state index is -0.325. The van der Waals surface area contributed by atoms with E-state index in [1.165, 1.54) is 36.7 Å². The first-order chi connectivity index (χ1) is 23.3. The van der Waals surface area contributed by atoms with Crippen LogP contribution in [0.4, 0.5) is 4.39 Å². The van der Waals surface area contributed by atoms with E-state index in [1.807, 2.05) is 58.6 Å². The largest absolute Gasteiger partial charge is 0.457 e. The van der Waals surface area contributed by atoms with Crippen LogP contribution >= 0.6 is 0 Å². The third-order valence-corrected chi connectivity index (χ3v) is 9.34.